The van der Waals surface area contributed by atoms with Crippen LogP contribution in [0.15, 0.2) is 42.5 Å². The van der Waals surface area contributed by atoms with Gasteiger partial charge >= 0.3 is 0 Å². The molecule has 0 spiro atoms. The first-order valence-corrected chi connectivity index (χ1v) is 6.93. The topological polar surface area (TPSA) is 26.3 Å². The molecule has 0 amide bonds. The number of carbonyl (C=O) groups is 1. The van der Waals surface area contributed by atoms with E-state index in [0.717, 1.165) is 23.3 Å². The summed E-state index contributed by atoms with van der Waals surface area (Å²) in [5.74, 6) is 0.821. The zero-order valence-corrected chi connectivity index (χ0v) is 12.3. The summed E-state index contributed by atoms with van der Waals surface area (Å²) >= 11 is 0. The van der Waals surface area contributed by atoms with Gasteiger partial charge in [-0.3, -0.25) is 4.79 Å². The van der Waals surface area contributed by atoms with Crippen molar-refractivity contribution in [1.82, 2.24) is 0 Å². The molecule has 0 radical (unpaired) electrons. The maximum absolute atomic E-state index is 12.1. The van der Waals surface area contributed by atoms with E-state index in [1.807, 2.05) is 56.3 Å². The quantitative estimate of drug-likeness (QED) is 0.762. The average molecular weight is 268 g/mol. The summed E-state index contributed by atoms with van der Waals surface area (Å²) in [7, 11) is 0. The minimum Gasteiger partial charge on any atom is -0.485 e. The van der Waals surface area contributed by atoms with Crippen LogP contribution in [0.2, 0.25) is 0 Å². The molecule has 0 unspecified atom stereocenters. The molecule has 0 aromatic heterocycles. The van der Waals surface area contributed by atoms with Gasteiger partial charge in [0, 0.05) is 5.56 Å². The van der Waals surface area contributed by atoms with E-state index in [4.69, 9.17) is 4.74 Å². The van der Waals surface area contributed by atoms with Crippen molar-refractivity contribution in [2.45, 2.75) is 27.2 Å². The molecule has 0 aliphatic heterocycles. The molecule has 0 fully saturated rings. The third-order valence-corrected chi connectivity index (χ3v) is 3.44. The Morgan fingerprint density at radius 2 is 1.60 bits per heavy atom. The zero-order valence-electron chi connectivity index (χ0n) is 12.3. The van der Waals surface area contributed by atoms with Gasteiger partial charge in [-0.2, -0.15) is 0 Å². The minimum absolute atomic E-state index is 0.00954. The van der Waals surface area contributed by atoms with Gasteiger partial charge in [-0.05, 0) is 37.0 Å². The van der Waals surface area contributed by atoms with Crippen LogP contribution in [0.4, 0.5) is 0 Å². The van der Waals surface area contributed by atoms with Crippen LogP contribution < -0.4 is 4.74 Å². The number of ether oxygens (including phenoxy) is 1. The van der Waals surface area contributed by atoms with Gasteiger partial charge in [0.05, 0.1) is 0 Å². The Labute approximate surface area is 120 Å². The Balaban J connectivity index is 2.04. The van der Waals surface area contributed by atoms with Gasteiger partial charge in [-0.25, -0.2) is 0 Å². The molecule has 2 heteroatoms. The Bertz CT molecular complexity index is 577. The highest BCUT2D eigenvalue weighted by Gasteiger charge is 2.09. The third-order valence-electron chi connectivity index (χ3n) is 3.44. The van der Waals surface area contributed by atoms with E-state index in [2.05, 4.69) is 6.92 Å². The maximum atomic E-state index is 12.1. The molecule has 0 saturated carbocycles. The number of rotatable bonds is 5. The first-order chi connectivity index (χ1) is 9.61. The second-order valence-corrected chi connectivity index (χ2v) is 4.98. The van der Waals surface area contributed by atoms with Crippen LogP contribution in [0, 0.1) is 13.8 Å². The lowest BCUT2D eigenvalue weighted by Crippen LogP contribution is -2.12. The van der Waals surface area contributed by atoms with Crippen LogP contribution in [0.1, 0.15) is 34.0 Å². The zero-order chi connectivity index (χ0) is 14.5. The Morgan fingerprint density at radius 1 is 1.00 bits per heavy atom. The standard InChI is InChI=1S/C18H20O2/c1-4-15-8-10-16(11-9-15)17(19)12-20-18-13(2)6-5-7-14(18)3/h5-11H,4,12H2,1-3H3. The summed E-state index contributed by atoms with van der Waals surface area (Å²) in [6, 6.07) is 13.7. The van der Waals surface area contributed by atoms with E-state index in [-0.39, 0.29) is 12.4 Å². The van der Waals surface area contributed by atoms with Crippen LogP contribution >= 0.6 is 0 Å². The second-order valence-electron chi connectivity index (χ2n) is 4.98. The van der Waals surface area contributed by atoms with Crippen LogP contribution in [-0.4, -0.2) is 12.4 Å². The van der Waals surface area contributed by atoms with Crippen LogP contribution in [0.3, 0.4) is 0 Å². The van der Waals surface area contributed by atoms with Gasteiger partial charge in [-0.15, -0.1) is 0 Å². The average Bonchev–Trinajstić information content (AvgIpc) is 2.46. The lowest BCUT2D eigenvalue weighted by Gasteiger charge is -2.11. The molecule has 0 aliphatic carbocycles. The Kier molecular flexibility index (Phi) is 4.57. The molecular weight excluding hydrogens is 248 g/mol. The van der Waals surface area contributed by atoms with Crippen molar-refractivity contribution >= 4 is 5.78 Å². The summed E-state index contributed by atoms with van der Waals surface area (Å²) in [5.41, 5.74) is 4.05. The third kappa shape index (κ3) is 3.27. The number of para-hydroxylation sites is 1. The molecule has 0 N–H and O–H groups in total. The van der Waals surface area contributed by atoms with Crippen molar-refractivity contribution in [1.29, 1.82) is 0 Å². The summed E-state index contributed by atoms with van der Waals surface area (Å²) in [6.45, 7) is 6.16. The van der Waals surface area contributed by atoms with Crippen molar-refractivity contribution in [3.63, 3.8) is 0 Å². The van der Waals surface area contributed by atoms with Crippen molar-refractivity contribution in [2.75, 3.05) is 6.61 Å². The number of benzene rings is 2. The van der Waals surface area contributed by atoms with Gasteiger partial charge in [0.1, 0.15) is 5.75 Å². The van der Waals surface area contributed by atoms with Crippen LogP contribution in [-0.2, 0) is 6.42 Å². The largest absolute Gasteiger partial charge is 0.485 e. The van der Waals surface area contributed by atoms with Crippen molar-refractivity contribution < 1.29 is 9.53 Å². The Morgan fingerprint density at radius 3 is 2.15 bits per heavy atom. The van der Waals surface area contributed by atoms with Crippen molar-refractivity contribution in [3.8, 4) is 5.75 Å². The van der Waals surface area contributed by atoms with Crippen molar-refractivity contribution in [2.24, 2.45) is 0 Å². The van der Waals surface area contributed by atoms with Crippen LogP contribution in [0.25, 0.3) is 0 Å². The second kappa shape index (κ2) is 6.38. The molecule has 104 valence electrons. The van der Waals surface area contributed by atoms with Gasteiger partial charge in [0.2, 0.25) is 0 Å². The van der Waals surface area contributed by atoms with E-state index < -0.39 is 0 Å². The summed E-state index contributed by atoms with van der Waals surface area (Å²) in [6.07, 6.45) is 0.980. The van der Waals surface area contributed by atoms with E-state index in [1.165, 1.54) is 5.56 Å². The number of hydrogen-bond donors (Lipinski definition) is 0. The molecule has 0 atom stereocenters. The SMILES string of the molecule is CCc1ccc(C(=O)COc2c(C)cccc2C)cc1. The molecule has 20 heavy (non-hydrogen) atoms. The maximum Gasteiger partial charge on any atom is 0.200 e. The van der Waals surface area contributed by atoms with E-state index >= 15 is 0 Å². The number of aryl methyl sites for hydroxylation is 3. The van der Waals surface area contributed by atoms with E-state index in [9.17, 15) is 4.79 Å². The summed E-state index contributed by atoms with van der Waals surface area (Å²) in [4.78, 5) is 12.1. The highest BCUT2D eigenvalue weighted by Crippen LogP contribution is 2.22. The van der Waals surface area contributed by atoms with Gasteiger partial charge in [0.15, 0.2) is 12.4 Å². The fourth-order valence-electron chi connectivity index (χ4n) is 2.17. The van der Waals surface area contributed by atoms with Crippen molar-refractivity contribution in [3.05, 3.63) is 64.7 Å². The molecule has 0 aliphatic rings. The number of ketones is 1. The van der Waals surface area contributed by atoms with Crippen LogP contribution in [0.5, 0.6) is 5.75 Å². The molecule has 0 heterocycles. The van der Waals surface area contributed by atoms with E-state index in [1.54, 1.807) is 0 Å². The molecular formula is C18H20O2. The predicted octanol–water partition coefficient (Wildman–Crippen LogP) is 4.13. The summed E-state index contributed by atoms with van der Waals surface area (Å²) < 4.78 is 5.69. The van der Waals surface area contributed by atoms with Gasteiger partial charge < -0.3 is 4.74 Å². The first-order valence-electron chi connectivity index (χ1n) is 6.93. The highest BCUT2D eigenvalue weighted by atomic mass is 16.5. The molecule has 0 saturated heterocycles. The normalized spacial score (nSPS) is 10.3. The molecule has 2 aromatic rings. The van der Waals surface area contributed by atoms with Gasteiger partial charge in [-0.1, -0.05) is 49.4 Å². The number of Topliss-reactive ketones (excluding diaryl/α,β-unsaturated/α-hetero) is 1. The highest BCUT2D eigenvalue weighted by molar-refractivity contribution is 5.97. The first kappa shape index (κ1) is 14.3. The molecule has 2 aromatic carbocycles. The lowest BCUT2D eigenvalue weighted by atomic mass is 10.1. The predicted molar refractivity (Wildman–Crippen MR) is 81.6 cm³/mol. The fraction of sp³-hybridized carbons (Fsp3) is 0.278. The summed E-state index contributed by atoms with van der Waals surface area (Å²) in [5, 5.41) is 0. The molecule has 2 rings (SSSR count). The number of carbonyl (C=O) groups excluding carboxylic acids is 1. The lowest BCUT2D eigenvalue weighted by molar-refractivity contribution is 0.0920. The molecule has 0 bridgehead atoms. The number of hydrogen-bond acceptors (Lipinski definition) is 2. The molecule has 2 nitrogen and oxygen atoms in total. The minimum atomic E-state index is 0.00954. The van der Waals surface area contributed by atoms with Gasteiger partial charge in [0.25, 0.3) is 0 Å². The van der Waals surface area contributed by atoms with E-state index in [0.29, 0.717) is 5.56 Å². The monoisotopic (exact) mass is 268 g/mol. The fourth-order valence-corrected chi connectivity index (χ4v) is 2.17. The smallest absolute Gasteiger partial charge is 0.200 e. The Hall–Kier alpha value is -2.09.